The van der Waals surface area contributed by atoms with E-state index in [9.17, 15) is 4.79 Å². The second-order valence-corrected chi connectivity index (χ2v) is 4.77. The molecule has 5 heteroatoms. The number of nitrogens with one attached hydrogen (secondary N) is 1. The third-order valence-electron chi connectivity index (χ3n) is 3.35. The second kappa shape index (κ2) is 9.75. The van der Waals surface area contributed by atoms with Gasteiger partial charge in [-0.05, 0) is 37.0 Å². The molecule has 0 radical (unpaired) electrons. The molecule has 0 aromatic heterocycles. The Bertz CT molecular complexity index is 400. The van der Waals surface area contributed by atoms with Crippen LogP contribution in [0.3, 0.4) is 0 Å². The van der Waals surface area contributed by atoms with Gasteiger partial charge in [0.1, 0.15) is 0 Å². The molecule has 0 fully saturated rings. The van der Waals surface area contributed by atoms with Gasteiger partial charge in [0.25, 0.3) is 0 Å². The summed E-state index contributed by atoms with van der Waals surface area (Å²) in [6, 6.07) is 6.25. The molecule has 1 aromatic carbocycles. The Labute approximate surface area is 127 Å². The molecule has 0 aliphatic carbocycles. The van der Waals surface area contributed by atoms with Crippen LogP contribution in [0.15, 0.2) is 18.2 Å². The van der Waals surface area contributed by atoms with E-state index in [1.165, 1.54) is 16.7 Å². The highest BCUT2D eigenvalue weighted by atomic mass is 35.5. The highest BCUT2D eigenvalue weighted by Crippen LogP contribution is 2.13. The number of aryl methyl sites for hydroxylation is 2. The van der Waals surface area contributed by atoms with Gasteiger partial charge in [-0.25, -0.2) is 0 Å². The SMILES string of the molecule is COC(CN)CC(=O)NCCc1c(C)cccc1C.Cl. The fourth-order valence-corrected chi connectivity index (χ4v) is 2.11. The maximum absolute atomic E-state index is 11.7. The van der Waals surface area contributed by atoms with Crippen molar-refractivity contribution in [2.24, 2.45) is 5.73 Å². The Morgan fingerprint density at radius 1 is 1.35 bits per heavy atom. The fraction of sp³-hybridized carbons (Fsp3) is 0.533. The molecular weight excluding hydrogens is 276 g/mol. The minimum Gasteiger partial charge on any atom is -0.380 e. The zero-order valence-corrected chi connectivity index (χ0v) is 13.3. The summed E-state index contributed by atoms with van der Waals surface area (Å²) in [7, 11) is 1.57. The molecule has 3 N–H and O–H groups in total. The number of carbonyl (C=O) groups is 1. The quantitative estimate of drug-likeness (QED) is 0.806. The molecule has 1 rings (SSSR count). The first-order valence-corrected chi connectivity index (χ1v) is 6.63. The summed E-state index contributed by atoms with van der Waals surface area (Å²) in [5, 5.41) is 2.91. The first kappa shape index (κ1) is 18.9. The lowest BCUT2D eigenvalue weighted by Gasteiger charge is -2.13. The first-order chi connectivity index (χ1) is 9.08. The molecule has 114 valence electrons. The summed E-state index contributed by atoms with van der Waals surface area (Å²) >= 11 is 0. The van der Waals surface area contributed by atoms with Crippen molar-refractivity contribution in [1.82, 2.24) is 5.32 Å². The number of halogens is 1. The largest absolute Gasteiger partial charge is 0.380 e. The van der Waals surface area contributed by atoms with Crippen LogP contribution in [0.1, 0.15) is 23.1 Å². The molecule has 0 saturated carbocycles. The van der Waals surface area contributed by atoms with Gasteiger partial charge in [-0.2, -0.15) is 0 Å². The van der Waals surface area contributed by atoms with E-state index >= 15 is 0 Å². The molecule has 0 aliphatic heterocycles. The van der Waals surface area contributed by atoms with E-state index in [0.29, 0.717) is 19.5 Å². The monoisotopic (exact) mass is 300 g/mol. The van der Waals surface area contributed by atoms with Crippen molar-refractivity contribution in [3.63, 3.8) is 0 Å². The summed E-state index contributed by atoms with van der Waals surface area (Å²) < 4.78 is 5.09. The number of hydrogen-bond acceptors (Lipinski definition) is 3. The van der Waals surface area contributed by atoms with Gasteiger partial charge in [-0.15, -0.1) is 12.4 Å². The van der Waals surface area contributed by atoms with E-state index in [-0.39, 0.29) is 24.4 Å². The number of ether oxygens (including phenoxy) is 1. The van der Waals surface area contributed by atoms with Gasteiger partial charge >= 0.3 is 0 Å². The van der Waals surface area contributed by atoms with Gasteiger partial charge in [-0.3, -0.25) is 4.79 Å². The van der Waals surface area contributed by atoms with Crippen LogP contribution in [-0.4, -0.2) is 32.2 Å². The predicted octanol–water partition coefficient (Wildman–Crippen LogP) is 1.75. The molecular formula is C15H25ClN2O2. The van der Waals surface area contributed by atoms with Crippen molar-refractivity contribution in [2.45, 2.75) is 32.8 Å². The van der Waals surface area contributed by atoms with Gasteiger partial charge in [-0.1, -0.05) is 18.2 Å². The van der Waals surface area contributed by atoms with Gasteiger partial charge in [0.2, 0.25) is 5.91 Å². The third kappa shape index (κ3) is 5.90. The minimum absolute atomic E-state index is 0. The van der Waals surface area contributed by atoms with Crippen LogP contribution in [-0.2, 0) is 16.0 Å². The van der Waals surface area contributed by atoms with Crippen LogP contribution in [0.25, 0.3) is 0 Å². The molecule has 4 nitrogen and oxygen atoms in total. The van der Waals surface area contributed by atoms with Gasteiger partial charge in [0.15, 0.2) is 0 Å². The van der Waals surface area contributed by atoms with E-state index < -0.39 is 0 Å². The van der Waals surface area contributed by atoms with Crippen molar-refractivity contribution in [3.8, 4) is 0 Å². The molecule has 0 heterocycles. The average molecular weight is 301 g/mol. The van der Waals surface area contributed by atoms with E-state index in [1.807, 2.05) is 0 Å². The standard InChI is InChI=1S/C15H24N2O2.ClH/c1-11-5-4-6-12(2)14(11)7-8-17-15(18)9-13(10-16)19-3;/h4-6,13H,7-10,16H2,1-3H3,(H,17,18);1H. The molecule has 0 bridgehead atoms. The van der Waals surface area contributed by atoms with Crippen LogP contribution in [0.2, 0.25) is 0 Å². The van der Waals surface area contributed by atoms with Gasteiger partial charge < -0.3 is 15.8 Å². The average Bonchev–Trinajstić information content (AvgIpc) is 2.39. The number of amides is 1. The summed E-state index contributed by atoms with van der Waals surface area (Å²) in [4.78, 5) is 11.7. The maximum Gasteiger partial charge on any atom is 0.222 e. The lowest BCUT2D eigenvalue weighted by atomic mass is 10.0. The van der Waals surface area contributed by atoms with Gasteiger partial charge in [0, 0.05) is 20.2 Å². The molecule has 1 amide bonds. The molecule has 0 saturated heterocycles. The second-order valence-electron chi connectivity index (χ2n) is 4.77. The zero-order valence-electron chi connectivity index (χ0n) is 12.4. The van der Waals surface area contributed by atoms with Crippen LogP contribution in [0, 0.1) is 13.8 Å². The Morgan fingerprint density at radius 2 is 1.95 bits per heavy atom. The Morgan fingerprint density at radius 3 is 2.45 bits per heavy atom. The maximum atomic E-state index is 11.7. The summed E-state index contributed by atoms with van der Waals surface area (Å²) in [6.07, 6.45) is 0.977. The smallest absolute Gasteiger partial charge is 0.222 e. The normalized spacial score (nSPS) is 11.6. The number of methoxy groups -OCH3 is 1. The molecule has 20 heavy (non-hydrogen) atoms. The van der Waals surface area contributed by atoms with E-state index in [4.69, 9.17) is 10.5 Å². The van der Waals surface area contributed by atoms with Crippen molar-refractivity contribution < 1.29 is 9.53 Å². The third-order valence-corrected chi connectivity index (χ3v) is 3.35. The lowest BCUT2D eigenvalue weighted by molar-refractivity contribution is -0.123. The summed E-state index contributed by atoms with van der Waals surface area (Å²) in [5.74, 6) is -0.0106. The molecule has 1 atom stereocenters. The summed E-state index contributed by atoms with van der Waals surface area (Å²) in [5.41, 5.74) is 9.33. The number of benzene rings is 1. The number of rotatable bonds is 7. The summed E-state index contributed by atoms with van der Waals surface area (Å²) in [6.45, 7) is 5.20. The highest BCUT2D eigenvalue weighted by molar-refractivity contribution is 5.85. The molecule has 0 aliphatic rings. The van der Waals surface area contributed by atoms with Crippen molar-refractivity contribution >= 4 is 18.3 Å². The number of carbonyl (C=O) groups excluding carboxylic acids is 1. The van der Waals surface area contributed by atoms with E-state index in [0.717, 1.165) is 6.42 Å². The zero-order chi connectivity index (χ0) is 14.3. The number of hydrogen-bond donors (Lipinski definition) is 2. The topological polar surface area (TPSA) is 64.3 Å². The van der Waals surface area contributed by atoms with Gasteiger partial charge in [0.05, 0.1) is 12.5 Å². The van der Waals surface area contributed by atoms with E-state index in [2.05, 4.69) is 37.4 Å². The van der Waals surface area contributed by atoms with E-state index in [1.54, 1.807) is 7.11 Å². The minimum atomic E-state index is -0.194. The highest BCUT2D eigenvalue weighted by Gasteiger charge is 2.11. The first-order valence-electron chi connectivity index (χ1n) is 6.63. The molecule has 0 spiro atoms. The van der Waals surface area contributed by atoms with Crippen LogP contribution < -0.4 is 11.1 Å². The molecule has 1 aromatic rings. The Hall–Kier alpha value is -1.10. The predicted molar refractivity (Wildman–Crippen MR) is 84.3 cm³/mol. The van der Waals surface area contributed by atoms with Crippen molar-refractivity contribution in [3.05, 3.63) is 34.9 Å². The Balaban J connectivity index is 0.00000361. The fourth-order valence-electron chi connectivity index (χ4n) is 2.11. The van der Waals surface area contributed by atoms with Crippen molar-refractivity contribution in [2.75, 3.05) is 20.2 Å². The van der Waals surface area contributed by atoms with Crippen molar-refractivity contribution in [1.29, 1.82) is 0 Å². The van der Waals surface area contributed by atoms with Crippen LogP contribution in [0.5, 0.6) is 0 Å². The lowest BCUT2D eigenvalue weighted by Crippen LogP contribution is -2.33. The Kier molecular flexibility index (Phi) is 9.21. The van der Waals surface area contributed by atoms with Crippen LogP contribution in [0.4, 0.5) is 0 Å². The number of nitrogens with two attached hydrogens (primary N) is 1. The molecule has 1 unspecified atom stereocenters. The van der Waals surface area contributed by atoms with Crippen LogP contribution >= 0.6 is 12.4 Å².